The molecule has 28 heavy (non-hydrogen) atoms. The number of hydrogen-bond acceptors (Lipinski definition) is 6. The number of para-hydroxylation sites is 1. The van der Waals surface area contributed by atoms with Gasteiger partial charge in [0.05, 0.1) is 18.0 Å². The van der Waals surface area contributed by atoms with Gasteiger partial charge in [-0.05, 0) is 31.4 Å². The number of fused-ring (bicyclic) bond motifs is 3. The number of anilines is 1. The molecule has 0 spiro atoms. The lowest BCUT2D eigenvalue weighted by Crippen LogP contribution is -2.38. The molecule has 0 radical (unpaired) electrons. The summed E-state index contributed by atoms with van der Waals surface area (Å²) in [5.74, 6) is 1.07. The second-order valence-electron chi connectivity index (χ2n) is 7.00. The summed E-state index contributed by atoms with van der Waals surface area (Å²) in [7, 11) is 1.90. The Labute approximate surface area is 160 Å². The lowest BCUT2D eigenvalue weighted by molar-refractivity contribution is -0.121. The molecular formula is C19H20N8O. The van der Waals surface area contributed by atoms with Crippen LogP contribution in [-0.4, -0.2) is 47.6 Å². The number of carbonyl (C=O) groups excluding carboxylic acids is 1. The molecule has 1 saturated heterocycles. The zero-order valence-electron chi connectivity index (χ0n) is 15.5. The normalized spacial score (nSPS) is 17.6. The molecule has 2 N–H and O–H groups in total. The van der Waals surface area contributed by atoms with E-state index in [4.69, 9.17) is 9.97 Å². The number of carbonyl (C=O) groups is 1. The molecule has 0 saturated carbocycles. The van der Waals surface area contributed by atoms with Crippen molar-refractivity contribution in [3.8, 4) is 11.5 Å². The van der Waals surface area contributed by atoms with Crippen LogP contribution >= 0.6 is 0 Å². The van der Waals surface area contributed by atoms with Crippen molar-refractivity contribution in [1.82, 2.24) is 34.4 Å². The second kappa shape index (κ2) is 6.59. The minimum Gasteiger partial charge on any atom is -0.354 e. The molecule has 0 bridgehead atoms. The maximum absolute atomic E-state index is 12.4. The van der Waals surface area contributed by atoms with Gasteiger partial charge in [-0.2, -0.15) is 4.52 Å². The summed E-state index contributed by atoms with van der Waals surface area (Å²) in [4.78, 5) is 26.0. The van der Waals surface area contributed by atoms with Gasteiger partial charge in [0, 0.05) is 19.0 Å². The summed E-state index contributed by atoms with van der Waals surface area (Å²) in [5.41, 5.74) is 2.31. The summed E-state index contributed by atoms with van der Waals surface area (Å²) in [6.07, 6.45) is 6.16. The number of imidazole rings is 1. The van der Waals surface area contributed by atoms with Crippen LogP contribution in [0.5, 0.6) is 0 Å². The average Bonchev–Trinajstić information content (AvgIpc) is 3.27. The molecule has 5 rings (SSSR count). The van der Waals surface area contributed by atoms with Crippen LogP contribution in [-0.2, 0) is 11.8 Å². The Balaban J connectivity index is 1.67. The highest BCUT2D eigenvalue weighted by atomic mass is 16.2. The fourth-order valence-corrected chi connectivity index (χ4v) is 3.56. The Hall–Kier alpha value is -3.49. The van der Waals surface area contributed by atoms with Crippen molar-refractivity contribution in [3.63, 3.8) is 0 Å². The first-order chi connectivity index (χ1) is 13.7. The number of amides is 1. The van der Waals surface area contributed by atoms with Crippen LogP contribution in [0.1, 0.15) is 19.3 Å². The molecule has 1 aliphatic heterocycles. The van der Waals surface area contributed by atoms with Crippen molar-refractivity contribution >= 4 is 28.4 Å². The third-order valence-electron chi connectivity index (χ3n) is 5.06. The van der Waals surface area contributed by atoms with E-state index < -0.39 is 0 Å². The van der Waals surface area contributed by atoms with Gasteiger partial charge in [-0.3, -0.25) is 4.79 Å². The summed E-state index contributed by atoms with van der Waals surface area (Å²) in [6, 6.07) is 7.46. The Morgan fingerprint density at radius 3 is 2.96 bits per heavy atom. The van der Waals surface area contributed by atoms with E-state index in [1.807, 2.05) is 35.9 Å². The molecular weight excluding hydrogens is 356 g/mol. The van der Waals surface area contributed by atoms with Gasteiger partial charge in [0.25, 0.3) is 0 Å². The van der Waals surface area contributed by atoms with Crippen molar-refractivity contribution in [1.29, 1.82) is 0 Å². The topological polar surface area (TPSA) is 102 Å². The molecule has 9 heteroatoms. The molecule has 0 aliphatic carbocycles. The number of nitrogens with one attached hydrogen (secondary N) is 2. The number of rotatable bonds is 3. The third-order valence-corrected chi connectivity index (χ3v) is 5.06. The Morgan fingerprint density at radius 1 is 1.21 bits per heavy atom. The molecule has 9 nitrogen and oxygen atoms in total. The minimum atomic E-state index is -0.344. The first kappa shape index (κ1) is 16.7. The van der Waals surface area contributed by atoms with Crippen LogP contribution < -0.4 is 10.6 Å². The van der Waals surface area contributed by atoms with Crippen LogP contribution in [0.4, 0.5) is 5.95 Å². The number of benzene rings is 1. The maximum atomic E-state index is 12.4. The fourth-order valence-electron chi connectivity index (χ4n) is 3.56. The summed E-state index contributed by atoms with van der Waals surface area (Å²) >= 11 is 0. The van der Waals surface area contributed by atoms with E-state index >= 15 is 0 Å². The van der Waals surface area contributed by atoms with Crippen LogP contribution in [0.2, 0.25) is 0 Å². The van der Waals surface area contributed by atoms with Gasteiger partial charge in [0.15, 0.2) is 5.65 Å². The van der Waals surface area contributed by atoms with Gasteiger partial charge in [-0.25, -0.2) is 15.0 Å². The maximum Gasteiger partial charge on any atom is 0.242 e. The predicted molar refractivity (Wildman–Crippen MR) is 105 cm³/mol. The lowest BCUT2D eigenvalue weighted by Gasteiger charge is -2.16. The largest absolute Gasteiger partial charge is 0.354 e. The van der Waals surface area contributed by atoms with Crippen LogP contribution in [0.15, 0.2) is 36.8 Å². The van der Waals surface area contributed by atoms with E-state index in [0.717, 1.165) is 35.9 Å². The summed E-state index contributed by atoms with van der Waals surface area (Å²) < 4.78 is 3.55. The number of aromatic nitrogens is 6. The molecule has 1 fully saturated rings. The van der Waals surface area contributed by atoms with Crippen LogP contribution in [0.25, 0.3) is 28.1 Å². The number of aryl methyl sites for hydroxylation is 1. The predicted octanol–water partition coefficient (Wildman–Crippen LogP) is 1.76. The molecule has 142 valence electrons. The van der Waals surface area contributed by atoms with Gasteiger partial charge in [-0.1, -0.05) is 12.1 Å². The molecule has 1 atom stereocenters. The number of nitrogens with zero attached hydrogens (tertiary/aromatic N) is 6. The van der Waals surface area contributed by atoms with Crippen molar-refractivity contribution < 1.29 is 4.79 Å². The molecule has 1 aliphatic rings. The summed E-state index contributed by atoms with van der Waals surface area (Å²) in [5, 5.41) is 11.8. The van der Waals surface area contributed by atoms with Gasteiger partial charge in [0.2, 0.25) is 17.7 Å². The van der Waals surface area contributed by atoms with E-state index in [-0.39, 0.29) is 11.9 Å². The van der Waals surface area contributed by atoms with E-state index in [9.17, 15) is 4.79 Å². The van der Waals surface area contributed by atoms with Crippen molar-refractivity contribution in [2.45, 2.75) is 25.3 Å². The highest BCUT2D eigenvalue weighted by molar-refractivity contribution is 5.93. The highest BCUT2D eigenvalue weighted by Gasteiger charge is 2.23. The van der Waals surface area contributed by atoms with Crippen LogP contribution in [0.3, 0.4) is 0 Å². The highest BCUT2D eigenvalue weighted by Crippen LogP contribution is 2.24. The van der Waals surface area contributed by atoms with Crippen molar-refractivity contribution in [3.05, 3.63) is 36.8 Å². The first-order valence-electron chi connectivity index (χ1n) is 9.37. The Bertz CT molecular complexity index is 1180. The van der Waals surface area contributed by atoms with E-state index in [1.54, 1.807) is 17.0 Å². The fraction of sp³-hybridized carbons (Fsp3) is 0.316. The lowest BCUT2D eigenvalue weighted by atomic mass is 10.1. The van der Waals surface area contributed by atoms with Gasteiger partial charge < -0.3 is 15.2 Å². The first-order valence-corrected chi connectivity index (χ1v) is 9.37. The molecule has 1 aromatic carbocycles. The van der Waals surface area contributed by atoms with E-state index in [1.165, 1.54) is 0 Å². The molecule has 0 unspecified atom stereocenters. The zero-order chi connectivity index (χ0) is 19.1. The third kappa shape index (κ3) is 2.75. The SMILES string of the molecule is Cn1cncc1-c1nc2c3ccccc3nc(N[C@@H]3CCCCNC3=O)n2n1. The van der Waals surface area contributed by atoms with Gasteiger partial charge in [-0.15, -0.1) is 5.10 Å². The second-order valence-corrected chi connectivity index (χ2v) is 7.00. The zero-order valence-corrected chi connectivity index (χ0v) is 15.5. The van der Waals surface area contributed by atoms with Crippen LogP contribution in [0, 0.1) is 0 Å². The van der Waals surface area contributed by atoms with Crippen molar-refractivity contribution in [2.75, 3.05) is 11.9 Å². The molecule has 4 aromatic rings. The Morgan fingerprint density at radius 2 is 2.11 bits per heavy atom. The molecule has 3 aromatic heterocycles. The standard InChI is InChI=1S/C19H20N8O/c1-26-11-20-10-15(26)16-24-17-12-6-2-3-7-13(12)22-19(27(17)25-16)23-14-8-4-5-9-21-18(14)28/h2-3,6-7,10-11,14H,4-5,8-9H2,1H3,(H,21,28)(H,22,23)/t14-/m1/s1. The minimum absolute atomic E-state index is 0.00687. The van der Waals surface area contributed by atoms with E-state index in [0.29, 0.717) is 24.0 Å². The monoisotopic (exact) mass is 376 g/mol. The van der Waals surface area contributed by atoms with E-state index in [2.05, 4.69) is 20.7 Å². The smallest absolute Gasteiger partial charge is 0.242 e. The van der Waals surface area contributed by atoms with Gasteiger partial charge >= 0.3 is 0 Å². The number of hydrogen-bond donors (Lipinski definition) is 2. The Kier molecular flexibility index (Phi) is 3.92. The van der Waals surface area contributed by atoms with Crippen molar-refractivity contribution in [2.24, 2.45) is 7.05 Å². The molecule has 4 heterocycles. The average molecular weight is 376 g/mol. The molecule has 1 amide bonds. The quantitative estimate of drug-likeness (QED) is 0.565. The van der Waals surface area contributed by atoms with Gasteiger partial charge in [0.1, 0.15) is 11.7 Å². The summed E-state index contributed by atoms with van der Waals surface area (Å²) in [6.45, 7) is 0.714.